The molecule has 1 N–H and O–H groups in total. The van der Waals surface area contributed by atoms with E-state index in [9.17, 15) is 19.5 Å². The van der Waals surface area contributed by atoms with Gasteiger partial charge >= 0.3 is 5.97 Å². The number of anilines is 2. The van der Waals surface area contributed by atoms with Gasteiger partial charge in [-0.15, -0.1) is 6.58 Å². The quantitative estimate of drug-likeness (QED) is 0.279. The number of ether oxygens (including phenoxy) is 2. The van der Waals surface area contributed by atoms with Gasteiger partial charge in [-0.2, -0.15) is 0 Å². The summed E-state index contributed by atoms with van der Waals surface area (Å²) in [5, 5.41) is 9.60. The number of esters is 1. The molecule has 0 aromatic heterocycles. The topological polar surface area (TPSA) is 99.6 Å². The Morgan fingerprint density at radius 3 is 2.38 bits per heavy atom. The summed E-state index contributed by atoms with van der Waals surface area (Å²) in [4.78, 5) is 47.4. The molecule has 5 atom stereocenters. The van der Waals surface area contributed by atoms with Gasteiger partial charge in [0.25, 0.3) is 5.91 Å². The van der Waals surface area contributed by atoms with Crippen molar-refractivity contribution < 1.29 is 29.0 Å². The van der Waals surface area contributed by atoms with Crippen molar-refractivity contribution in [3.05, 3.63) is 49.6 Å². The number of rotatable bonds is 14. The van der Waals surface area contributed by atoms with E-state index in [0.717, 1.165) is 18.8 Å². The number of hydrogen-bond donors (Lipinski definition) is 1. The zero-order valence-electron chi connectivity index (χ0n) is 24.0. The van der Waals surface area contributed by atoms with Crippen LogP contribution in [0.1, 0.15) is 46.5 Å². The molecule has 4 rings (SSSR count). The van der Waals surface area contributed by atoms with Gasteiger partial charge in [0, 0.05) is 44.2 Å². The van der Waals surface area contributed by atoms with Gasteiger partial charge in [-0.3, -0.25) is 14.4 Å². The maximum Gasteiger partial charge on any atom is 0.313 e. The maximum atomic E-state index is 14.6. The SMILES string of the molecule is C=CCOC(=O)[C@H]1[C@H]2C(=O)N(CCCO)C(C(=O)N(CC=C)c3ccc(N(CC)CC)cc3)C23CC[C@]1(CC)O3. The van der Waals surface area contributed by atoms with Gasteiger partial charge in [0.1, 0.15) is 24.2 Å². The lowest BCUT2D eigenvalue weighted by atomic mass is 9.65. The molecule has 1 aromatic rings. The molecule has 1 spiro atoms. The number of amides is 2. The molecule has 3 saturated heterocycles. The molecule has 9 heteroatoms. The van der Waals surface area contributed by atoms with E-state index in [-0.39, 0.29) is 38.1 Å². The van der Waals surface area contributed by atoms with E-state index in [2.05, 4.69) is 31.9 Å². The number of carbonyl (C=O) groups excluding carboxylic acids is 3. The molecule has 2 unspecified atom stereocenters. The third kappa shape index (κ3) is 4.73. The lowest BCUT2D eigenvalue weighted by Gasteiger charge is -2.37. The summed E-state index contributed by atoms with van der Waals surface area (Å²) in [7, 11) is 0. The summed E-state index contributed by atoms with van der Waals surface area (Å²) >= 11 is 0. The van der Waals surface area contributed by atoms with Crippen LogP contribution in [0, 0.1) is 11.8 Å². The number of carbonyl (C=O) groups is 3. The Morgan fingerprint density at radius 2 is 1.80 bits per heavy atom. The second kappa shape index (κ2) is 12.1. The lowest BCUT2D eigenvalue weighted by molar-refractivity contribution is -0.159. The first-order valence-corrected chi connectivity index (χ1v) is 14.4. The fourth-order valence-corrected chi connectivity index (χ4v) is 7.10. The van der Waals surface area contributed by atoms with Crippen molar-refractivity contribution in [3.8, 4) is 0 Å². The van der Waals surface area contributed by atoms with Gasteiger partial charge in [0.05, 0.1) is 11.5 Å². The Balaban J connectivity index is 1.76. The Bertz CT molecular complexity index is 1120. The molecule has 9 nitrogen and oxygen atoms in total. The van der Waals surface area contributed by atoms with Crippen LogP contribution in [0.3, 0.4) is 0 Å². The number of hydrogen-bond acceptors (Lipinski definition) is 7. The first-order valence-electron chi connectivity index (χ1n) is 14.4. The van der Waals surface area contributed by atoms with Gasteiger partial charge in [0.2, 0.25) is 5.91 Å². The van der Waals surface area contributed by atoms with Crippen molar-refractivity contribution >= 4 is 29.2 Å². The predicted molar refractivity (Wildman–Crippen MR) is 154 cm³/mol. The van der Waals surface area contributed by atoms with Crippen molar-refractivity contribution in [1.82, 2.24) is 4.90 Å². The molecule has 3 fully saturated rings. The lowest BCUT2D eigenvalue weighted by Crippen LogP contribution is -2.56. The van der Waals surface area contributed by atoms with E-state index in [1.807, 2.05) is 31.2 Å². The van der Waals surface area contributed by atoms with Crippen molar-refractivity contribution in [3.63, 3.8) is 0 Å². The minimum atomic E-state index is -1.15. The monoisotopic (exact) mass is 553 g/mol. The largest absolute Gasteiger partial charge is 0.461 e. The molecule has 3 heterocycles. The van der Waals surface area contributed by atoms with Crippen LogP contribution >= 0.6 is 0 Å². The van der Waals surface area contributed by atoms with Gasteiger partial charge in [-0.05, 0) is 63.8 Å². The van der Waals surface area contributed by atoms with Crippen LogP contribution < -0.4 is 9.80 Å². The van der Waals surface area contributed by atoms with Crippen LogP contribution in [0.25, 0.3) is 0 Å². The number of fused-ring (bicyclic) bond motifs is 1. The van der Waals surface area contributed by atoms with Crippen LogP contribution in [0.2, 0.25) is 0 Å². The highest BCUT2D eigenvalue weighted by atomic mass is 16.6. The zero-order valence-corrected chi connectivity index (χ0v) is 24.0. The Morgan fingerprint density at radius 1 is 1.12 bits per heavy atom. The Kier molecular flexibility index (Phi) is 9.05. The highest BCUT2D eigenvalue weighted by Gasteiger charge is 2.79. The normalized spacial score (nSPS) is 28.4. The van der Waals surface area contributed by atoms with Crippen molar-refractivity contribution in [2.75, 3.05) is 49.2 Å². The summed E-state index contributed by atoms with van der Waals surface area (Å²) in [6, 6.07) is 6.87. The van der Waals surface area contributed by atoms with Crippen LogP contribution in [0.4, 0.5) is 11.4 Å². The number of aliphatic hydroxyl groups excluding tert-OH is 1. The Labute approximate surface area is 237 Å². The number of nitrogens with zero attached hydrogens (tertiary/aromatic N) is 3. The molecule has 218 valence electrons. The van der Waals surface area contributed by atoms with E-state index >= 15 is 0 Å². The summed E-state index contributed by atoms with van der Waals surface area (Å²) in [6.45, 7) is 15.7. The van der Waals surface area contributed by atoms with Gasteiger partial charge < -0.3 is 29.3 Å². The van der Waals surface area contributed by atoms with Crippen LogP contribution in [-0.4, -0.2) is 84.4 Å². The average molecular weight is 554 g/mol. The van der Waals surface area contributed by atoms with Crippen LogP contribution in [0.5, 0.6) is 0 Å². The third-order valence-corrected chi connectivity index (χ3v) is 8.94. The molecule has 3 aliphatic heterocycles. The summed E-state index contributed by atoms with van der Waals surface area (Å²) in [5.41, 5.74) is -0.273. The standard InChI is InChI=1S/C31H43N3O6/c1-6-18-33(23-14-12-22(13-15-23)32(9-4)10-5)28(37)26-31-17-16-30(8-3,40-31)25(29(38)39-21-7-2)24(31)27(36)34(26)19-11-20-35/h6-7,12-15,24-26,35H,1-2,8-11,16-21H2,3-5H3/t24-,25+,26?,30-,31?/m0/s1. The molecule has 0 aliphatic carbocycles. The molecular weight excluding hydrogens is 510 g/mol. The second-order valence-electron chi connectivity index (χ2n) is 10.8. The highest BCUT2D eigenvalue weighted by molar-refractivity contribution is 6.05. The first-order chi connectivity index (χ1) is 19.3. The van der Waals surface area contributed by atoms with Gasteiger partial charge in [0.15, 0.2) is 0 Å². The second-order valence-corrected chi connectivity index (χ2v) is 10.8. The van der Waals surface area contributed by atoms with Gasteiger partial charge in [-0.25, -0.2) is 0 Å². The number of aliphatic hydroxyl groups is 1. The van der Waals surface area contributed by atoms with E-state index < -0.39 is 35.0 Å². The van der Waals surface area contributed by atoms with Gasteiger partial charge in [-0.1, -0.05) is 25.7 Å². The third-order valence-electron chi connectivity index (χ3n) is 8.94. The van der Waals surface area contributed by atoms with Crippen molar-refractivity contribution in [2.24, 2.45) is 11.8 Å². The smallest absolute Gasteiger partial charge is 0.313 e. The summed E-state index contributed by atoms with van der Waals surface area (Å²) in [5.74, 6) is -2.71. The van der Waals surface area contributed by atoms with Crippen molar-refractivity contribution in [2.45, 2.75) is 63.7 Å². The highest BCUT2D eigenvalue weighted by Crippen LogP contribution is 2.64. The molecule has 40 heavy (non-hydrogen) atoms. The molecular formula is C31H43N3O6. The van der Waals surface area contributed by atoms with E-state index in [1.165, 1.54) is 11.0 Å². The molecule has 0 saturated carbocycles. The fraction of sp³-hybridized carbons (Fsp3) is 0.581. The predicted octanol–water partition coefficient (Wildman–Crippen LogP) is 3.32. The minimum Gasteiger partial charge on any atom is -0.461 e. The number of benzene rings is 1. The van der Waals surface area contributed by atoms with Crippen molar-refractivity contribution in [1.29, 1.82) is 0 Å². The molecule has 2 amide bonds. The first kappa shape index (κ1) is 29.8. The maximum absolute atomic E-state index is 14.6. The molecule has 0 radical (unpaired) electrons. The van der Waals surface area contributed by atoms with E-state index in [0.29, 0.717) is 31.4 Å². The zero-order chi connectivity index (χ0) is 29.1. The average Bonchev–Trinajstić information content (AvgIpc) is 3.57. The molecule has 2 bridgehead atoms. The van der Waals surface area contributed by atoms with E-state index in [4.69, 9.17) is 9.47 Å². The van der Waals surface area contributed by atoms with Crippen LogP contribution in [-0.2, 0) is 23.9 Å². The summed E-state index contributed by atoms with van der Waals surface area (Å²) in [6.07, 6.45) is 5.03. The van der Waals surface area contributed by atoms with E-state index in [1.54, 1.807) is 11.0 Å². The molecule has 1 aromatic carbocycles. The Hall–Kier alpha value is -3.17. The van der Waals surface area contributed by atoms with Crippen LogP contribution in [0.15, 0.2) is 49.6 Å². The number of likely N-dealkylation sites (tertiary alicyclic amines) is 1. The molecule has 3 aliphatic rings. The fourth-order valence-electron chi connectivity index (χ4n) is 7.10. The minimum absolute atomic E-state index is 0.0379. The summed E-state index contributed by atoms with van der Waals surface area (Å²) < 4.78 is 12.2.